The summed E-state index contributed by atoms with van der Waals surface area (Å²) in [4.78, 5) is 17.9. The number of thioether (sulfide) groups is 2. The van der Waals surface area contributed by atoms with E-state index < -0.39 is 5.76 Å². The van der Waals surface area contributed by atoms with Gasteiger partial charge in [-0.2, -0.15) is 19.0 Å². The number of aromatic nitrogens is 7. The number of hydrogen-bond acceptors (Lipinski definition) is 10. The van der Waals surface area contributed by atoms with Crippen molar-refractivity contribution in [2.45, 2.75) is 22.3 Å². The van der Waals surface area contributed by atoms with E-state index in [-0.39, 0.29) is 11.8 Å². The van der Waals surface area contributed by atoms with Crippen molar-refractivity contribution in [2.75, 3.05) is 6.26 Å². The molecule has 12 heteroatoms. The Kier molecular flexibility index (Phi) is 5.09. The number of rotatable bonds is 6. The number of nitrogens with zero attached hydrogens (tertiary/aromatic N) is 7. The van der Waals surface area contributed by atoms with Crippen molar-refractivity contribution in [3.05, 3.63) is 46.6 Å². The maximum Gasteiger partial charge on any atom is 0.438 e. The Hall–Kier alpha value is -2.44. The number of aryl methyl sites for hydroxylation is 1. The summed E-state index contributed by atoms with van der Waals surface area (Å²) in [5.41, 5.74) is 1.86. The molecule has 3 aromatic heterocycles. The van der Waals surface area contributed by atoms with E-state index >= 15 is 0 Å². The van der Waals surface area contributed by atoms with E-state index in [1.165, 1.54) is 44.5 Å². The molecule has 138 valence electrons. The first kappa shape index (κ1) is 17.9. The summed E-state index contributed by atoms with van der Waals surface area (Å²) < 4.78 is 11.5. The molecule has 0 atom stereocenters. The highest BCUT2D eigenvalue weighted by atomic mass is 32.2. The molecule has 4 aromatic rings. The molecule has 0 bridgehead atoms. The molecule has 0 N–H and O–H groups in total. The summed E-state index contributed by atoms with van der Waals surface area (Å²) in [7, 11) is 0. The normalized spacial score (nSPS) is 11.2. The molecule has 0 aliphatic heterocycles. The van der Waals surface area contributed by atoms with Crippen LogP contribution in [-0.4, -0.2) is 40.4 Å². The molecule has 0 amide bonds. The Bertz CT molecular complexity index is 1120. The molecular weight excluding hydrogens is 406 g/mol. The fourth-order valence-electron chi connectivity index (χ4n) is 2.19. The average molecular weight is 420 g/mol. The van der Waals surface area contributed by atoms with E-state index in [2.05, 4.69) is 24.7 Å². The molecule has 0 radical (unpaired) electrons. The highest BCUT2D eigenvalue weighted by molar-refractivity contribution is 8.00. The van der Waals surface area contributed by atoms with Crippen molar-refractivity contribution >= 4 is 35.1 Å². The van der Waals surface area contributed by atoms with Gasteiger partial charge in [-0.15, -0.1) is 10.2 Å². The summed E-state index contributed by atoms with van der Waals surface area (Å²) in [5.74, 6) is -0.139. The van der Waals surface area contributed by atoms with Crippen LogP contribution in [0.25, 0.3) is 17.3 Å². The summed E-state index contributed by atoms with van der Waals surface area (Å²) in [5, 5.41) is 13.7. The Labute approximate surface area is 166 Å². The van der Waals surface area contributed by atoms with Gasteiger partial charge in [0.15, 0.2) is 10.0 Å². The van der Waals surface area contributed by atoms with Crippen molar-refractivity contribution in [1.29, 1.82) is 0 Å². The number of para-hydroxylation sites is 1. The molecule has 0 saturated carbocycles. The van der Waals surface area contributed by atoms with Gasteiger partial charge in [0.05, 0.1) is 11.4 Å². The van der Waals surface area contributed by atoms with Crippen LogP contribution in [0.1, 0.15) is 5.69 Å². The fourth-order valence-corrected chi connectivity index (χ4v) is 4.25. The van der Waals surface area contributed by atoms with Gasteiger partial charge in [-0.05, 0) is 36.8 Å². The number of benzene rings is 1. The fraction of sp³-hybridized carbons (Fsp3) is 0.200. The van der Waals surface area contributed by atoms with Gasteiger partial charge in [0, 0.05) is 0 Å². The Morgan fingerprint density at radius 2 is 2.00 bits per heavy atom. The first-order valence-electron chi connectivity index (χ1n) is 7.72. The molecule has 0 saturated heterocycles. The van der Waals surface area contributed by atoms with Crippen LogP contribution in [0.2, 0.25) is 0 Å². The zero-order chi connectivity index (χ0) is 18.8. The first-order valence-corrected chi connectivity index (χ1v) is 10.7. The third-order valence-electron chi connectivity index (χ3n) is 3.46. The minimum atomic E-state index is -0.555. The molecule has 0 fully saturated rings. The van der Waals surface area contributed by atoms with Crippen molar-refractivity contribution in [1.82, 2.24) is 34.1 Å². The molecule has 3 heterocycles. The molecule has 0 unspecified atom stereocenters. The molecule has 0 spiro atoms. The molecule has 4 rings (SSSR count). The van der Waals surface area contributed by atoms with Crippen LogP contribution >= 0.6 is 35.1 Å². The Morgan fingerprint density at radius 1 is 1.19 bits per heavy atom. The molecule has 0 aliphatic carbocycles. The monoisotopic (exact) mass is 419 g/mol. The zero-order valence-electron chi connectivity index (χ0n) is 14.3. The second kappa shape index (κ2) is 7.66. The lowest BCUT2D eigenvalue weighted by molar-refractivity contribution is 0.501. The van der Waals surface area contributed by atoms with Gasteiger partial charge in [0.2, 0.25) is 5.16 Å². The first-order chi connectivity index (χ1) is 13.1. The van der Waals surface area contributed by atoms with E-state index in [4.69, 9.17) is 4.42 Å². The highest BCUT2D eigenvalue weighted by Crippen LogP contribution is 2.25. The summed E-state index contributed by atoms with van der Waals surface area (Å²) in [6, 6.07) is 9.49. The molecule has 0 aliphatic rings. The third-order valence-corrected chi connectivity index (χ3v) is 5.92. The van der Waals surface area contributed by atoms with E-state index in [1.54, 1.807) is 6.92 Å². The predicted octanol–water partition coefficient (Wildman–Crippen LogP) is 2.72. The Morgan fingerprint density at radius 3 is 2.74 bits per heavy atom. The summed E-state index contributed by atoms with van der Waals surface area (Å²) in [6.07, 6.45) is 1.91. The average Bonchev–Trinajstić information content (AvgIpc) is 3.39. The number of hydrogen-bond donors (Lipinski definition) is 0. The second-order valence-corrected chi connectivity index (χ2v) is 7.97. The quantitative estimate of drug-likeness (QED) is 0.436. The van der Waals surface area contributed by atoms with E-state index in [9.17, 15) is 4.79 Å². The Balaban J connectivity index is 1.56. The molecular formula is C15H13N7O2S3. The predicted molar refractivity (Wildman–Crippen MR) is 103 cm³/mol. The van der Waals surface area contributed by atoms with E-state index in [1.807, 2.05) is 36.6 Å². The van der Waals surface area contributed by atoms with Gasteiger partial charge in [-0.25, -0.2) is 9.78 Å². The van der Waals surface area contributed by atoms with Crippen LogP contribution in [-0.2, 0) is 5.88 Å². The van der Waals surface area contributed by atoms with Gasteiger partial charge >= 0.3 is 5.76 Å². The van der Waals surface area contributed by atoms with Crippen molar-refractivity contribution in [2.24, 2.45) is 0 Å². The largest absolute Gasteiger partial charge is 0.438 e. The van der Waals surface area contributed by atoms with Crippen molar-refractivity contribution in [3.8, 4) is 17.3 Å². The lowest BCUT2D eigenvalue weighted by Crippen LogP contribution is -2.13. The van der Waals surface area contributed by atoms with Crippen LogP contribution in [0.5, 0.6) is 0 Å². The van der Waals surface area contributed by atoms with E-state index in [0.29, 0.717) is 16.5 Å². The molecule has 27 heavy (non-hydrogen) atoms. The maximum absolute atomic E-state index is 12.1. The standard InChI is InChI=1S/C15H13N7O2S3/c1-9-11(18-22(17-9)10-6-4-3-5-7-10)12-19-21(15(23)24-12)8-26-14-16-13(25-2)20-27-14/h3-7H,8H2,1-2H3. The van der Waals surface area contributed by atoms with Gasteiger partial charge in [-0.3, -0.25) is 0 Å². The van der Waals surface area contributed by atoms with Crippen LogP contribution in [0, 0.1) is 6.92 Å². The minimum absolute atomic E-state index is 0.141. The maximum atomic E-state index is 12.1. The van der Waals surface area contributed by atoms with Crippen molar-refractivity contribution < 1.29 is 4.42 Å². The SMILES string of the molecule is CSc1nsc(SCn2nc(-c3nn(-c4ccccc4)nc3C)oc2=O)n1. The topological polar surface area (TPSA) is 105 Å². The van der Waals surface area contributed by atoms with Crippen LogP contribution in [0.3, 0.4) is 0 Å². The molecule has 9 nitrogen and oxygen atoms in total. The van der Waals surface area contributed by atoms with Gasteiger partial charge < -0.3 is 4.42 Å². The summed E-state index contributed by atoms with van der Waals surface area (Å²) in [6.45, 7) is 1.79. The third kappa shape index (κ3) is 3.82. The van der Waals surface area contributed by atoms with Crippen LogP contribution in [0.15, 0.2) is 49.0 Å². The highest BCUT2D eigenvalue weighted by Gasteiger charge is 2.18. The van der Waals surface area contributed by atoms with E-state index in [0.717, 1.165) is 10.0 Å². The minimum Gasteiger partial charge on any atom is -0.386 e. The van der Waals surface area contributed by atoms with Crippen molar-refractivity contribution in [3.63, 3.8) is 0 Å². The van der Waals surface area contributed by atoms with Gasteiger partial charge in [0.1, 0.15) is 5.88 Å². The van der Waals surface area contributed by atoms with Crippen LogP contribution < -0.4 is 5.76 Å². The summed E-state index contributed by atoms with van der Waals surface area (Å²) >= 11 is 4.13. The van der Waals surface area contributed by atoms with Crippen LogP contribution in [0.4, 0.5) is 0 Å². The second-order valence-electron chi connectivity index (χ2n) is 5.25. The van der Waals surface area contributed by atoms with Gasteiger partial charge in [0.25, 0.3) is 5.89 Å². The van der Waals surface area contributed by atoms with Gasteiger partial charge in [-0.1, -0.05) is 41.7 Å². The smallest absolute Gasteiger partial charge is 0.386 e. The lowest BCUT2D eigenvalue weighted by Gasteiger charge is -1.96. The molecule has 1 aromatic carbocycles. The zero-order valence-corrected chi connectivity index (χ0v) is 16.7. The lowest BCUT2D eigenvalue weighted by atomic mass is 10.3.